The molecule has 0 radical (unpaired) electrons. The number of hydrogen-bond acceptors (Lipinski definition) is 2. The predicted octanol–water partition coefficient (Wildman–Crippen LogP) is 2.57. The van der Waals surface area contributed by atoms with Crippen molar-refractivity contribution < 1.29 is 4.74 Å². The molecule has 0 heterocycles. The smallest absolute Gasteiger partial charge is 0.134 e. The van der Waals surface area contributed by atoms with Crippen molar-refractivity contribution in [3.63, 3.8) is 0 Å². The normalized spacial score (nSPS) is 10.0. The maximum absolute atomic E-state index is 5.82. The van der Waals surface area contributed by atoms with Crippen LogP contribution in [0.3, 0.4) is 0 Å². The average Bonchev–Trinajstić information content (AvgIpc) is 2.08. The van der Waals surface area contributed by atoms with E-state index in [2.05, 4.69) is 15.9 Å². The molecule has 1 rings (SSSR count). The van der Waals surface area contributed by atoms with Crippen LogP contribution < -0.4 is 10.5 Å². The van der Waals surface area contributed by atoms with E-state index in [1.165, 1.54) is 0 Å². The molecular formula is C8H9BrClNO. The molecule has 0 amide bonds. The van der Waals surface area contributed by atoms with Gasteiger partial charge in [0.25, 0.3) is 0 Å². The average molecular weight is 251 g/mol. The standard InChI is InChI=1S/C8H9BrClNO/c1-12-7-3-6(10)2-5(4-11)8(7)9/h2-3H,4,11H2,1H3. The van der Waals surface area contributed by atoms with Crippen molar-refractivity contribution in [2.45, 2.75) is 6.54 Å². The quantitative estimate of drug-likeness (QED) is 0.875. The Kier molecular flexibility index (Phi) is 3.38. The van der Waals surface area contributed by atoms with E-state index in [1.807, 2.05) is 6.07 Å². The van der Waals surface area contributed by atoms with Crippen LogP contribution in [0.1, 0.15) is 5.56 Å². The Balaban J connectivity index is 3.22. The third kappa shape index (κ3) is 1.91. The van der Waals surface area contributed by atoms with E-state index < -0.39 is 0 Å². The zero-order chi connectivity index (χ0) is 9.14. The number of rotatable bonds is 2. The molecule has 0 bridgehead atoms. The summed E-state index contributed by atoms with van der Waals surface area (Å²) in [7, 11) is 1.59. The van der Waals surface area contributed by atoms with Crippen LogP contribution in [0, 0.1) is 0 Å². The molecule has 0 fully saturated rings. The van der Waals surface area contributed by atoms with Crippen molar-refractivity contribution in [2.24, 2.45) is 5.73 Å². The minimum atomic E-state index is 0.442. The van der Waals surface area contributed by atoms with Crippen LogP contribution in [0.25, 0.3) is 0 Å². The highest BCUT2D eigenvalue weighted by atomic mass is 79.9. The number of nitrogens with two attached hydrogens (primary N) is 1. The van der Waals surface area contributed by atoms with Gasteiger partial charge in [-0.05, 0) is 33.6 Å². The first-order valence-corrected chi connectivity index (χ1v) is 4.58. The van der Waals surface area contributed by atoms with Gasteiger partial charge in [-0.15, -0.1) is 0 Å². The molecule has 2 N–H and O–H groups in total. The largest absolute Gasteiger partial charge is 0.496 e. The lowest BCUT2D eigenvalue weighted by Crippen LogP contribution is -1.98. The molecule has 0 spiro atoms. The fourth-order valence-electron chi connectivity index (χ4n) is 0.915. The zero-order valence-electron chi connectivity index (χ0n) is 6.60. The molecule has 0 aliphatic heterocycles. The third-order valence-electron chi connectivity index (χ3n) is 1.52. The van der Waals surface area contributed by atoms with Crippen LogP contribution in [0.2, 0.25) is 5.02 Å². The summed E-state index contributed by atoms with van der Waals surface area (Å²) >= 11 is 9.20. The molecule has 0 saturated heterocycles. The third-order valence-corrected chi connectivity index (χ3v) is 2.64. The SMILES string of the molecule is COc1cc(Cl)cc(CN)c1Br. The molecule has 0 aliphatic carbocycles. The van der Waals surface area contributed by atoms with E-state index in [9.17, 15) is 0 Å². The van der Waals surface area contributed by atoms with Gasteiger partial charge in [0.1, 0.15) is 5.75 Å². The first kappa shape index (κ1) is 9.84. The second-order valence-corrected chi connectivity index (χ2v) is 3.51. The van der Waals surface area contributed by atoms with Crippen molar-refractivity contribution >= 4 is 27.5 Å². The minimum absolute atomic E-state index is 0.442. The van der Waals surface area contributed by atoms with Crippen LogP contribution in [0.5, 0.6) is 5.75 Å². The number of ether oxygens (including phenoxy) is 1. The predicted molar refractivity (Wildman–Crippen MR) is 53.6 cm³/mol. The molecule has 2 nitrogen and oxygen atoms in total. The Labute approximate surface area is 84.8 Å². The summed E-state index contributed by atoms with van der Waals surface area (Å²) < 4.78 is 5.95. The Morgan fingerprint density at radius 1 is 1.58 bits per heavy atom. The Morgan fingerprint density at radius 3 is 2.75 bits per heavy atom. The van der Waals surface area contributed by atoms with Gasteiger partial charge < -0.3 is 10.5 Å². The molecule has 0 aromatic heterocycles. The van der Waals surface area contributed by atoms with Gasteiger partial charge in [-0.3, -0.25) is 0 Å². The van der Waals surface area contributed by atoms with Gasteiger partial charge in [-0.25, -0.2) is 0 Å². The second-order valence-electron chi connectivity index (χ2n) is 2.29. The summed E-state index contributed by atoms with van der Waals surface area (Å²) in [4.78, 5) is 0. The lowest BCUT2D eigenvalue weighted by molar-refractivity contribution is 0.411. The summed E-state index contributed by atoms with van der Waals surface area (Å²) in [5.41, 5.74) is 6.44. The van der Waals surface area contributed by atoms with Gasteiger partial charge in [0.05, 0.1) is 11.6 Å². The highest BCUT2D eigenvalue weighted by molar-refractivity contribution is 9.10. The summed E-state index contributed by atoms with van der Waals surface area (Å²) in [5.74, 6) is 0.711. The maximum Gasteiger partial charge on any atom is 0.134 e. The number of hydrogen-bond donors (Lipinski definition) is 1. The van der Waals surface area contributed by atoms with E-state index >= 15 is 0 Å². The van der Waals surface area contributed by atoms with Crippen LogP contribution in [0.4, 0.5) is 0 Å². The highest BCUT2D eigenvalue weighted by Crippen LogP contribution is 2.31. The number of benzene rings is 1. The maximum atomic E-state index is 5.82. The van der Waals surface area contributed by atoms with Gasteiger partial charge >= 0.3 is 0 Å². The second kappa shape index (κ2) is 4.12. The van der Waals surface area contributed by atoms with E-state index in [-0.39, 0.29) is 0 Å². The van der Waals surface area contributed by atoms with Crippen LogP contribution in [0.15, 0.2) is 16.6 Å². The Morgan fingerprint density at radius 2 is 2.25 bits per heavy atom. The van der Waals surface area contributed by atoms with Crippen molar-refractivity contribution in [1.82, 2.24) is 0 Å². The molecule has 0 atom stereocenters. The van der Waals surface area contributed by atoms with Crippen molar-refractivity contribution in [3.05, 3.63) is 27.2 Å². The molecule has 1 aromatic rings. The number of halogens is 2. The molecule has 0 aliphatic rings. The van der Waals surface area contributed by atoms with Gasteiger partial charge in [0, 0.05) is 11.6 Å². The van der Waals surface area contributed by atoms with Crippen LogP contribution in [-0.2, 0) is 6.54 Å². The van der Waals surface area contributed by atoms with Crippen molar-refractivity contribution in [1.29, 1.82) is 0 Å². The summed E-state index contributed by atoms with van der Waals surface area (Å²) in [6.45, 7) is 0.442. The molecule has 1 aromatic carbocycles. The topological polar surface area (TPSA) is 35.2 Å². The van der Waals surface area contributed by atoms with E-state index in [4.69, 9.17) is 22.1 Å². The lowest BCUT2D eigenvalue weighted by atomic mass is 10.2. The van der Waals surface area contributed by atoms with E-state index in [0.717, 1.165) is 10.0 Å². The Hall–Kier alpha value is -0.250. The highest BCUT2D eigenvalue weighted by Gasteiger charge is 2.06. The minimum Gasteiger partial charge on any atom is -0.496 e. The fourth-order valence-corrected chi connectivity index (χ4v) is 1.70. The van der Waals surface area contributed by atoms with Crippen molar-refractivity contribution in [3.8, 4) is 5.75 Å². The summed E-state index contributed by atoms with van der Waals surface area (Å²) in [6, 6.07) is 3.55. The van der Waals surface area contributed by atoms with Crippen LogP contribution in [-0.4, -0.2) is 7.11 Å². The van der Waals surface area contributed by atoms with E-state index in [0.29, 0.717) is 17.3 Å². The van der Waals surface area contributed by atoms with Crippen LogP contribution >= 0.6 is 27.5 Å². The fraction of sp³-hybridized carbons (Fsp3) is 0.250. The van der Waals surface area contributed by atoms with Gasteiger partial charge in [-0.2, -0.15) is 0 Å². The van der Waals surface area contributed by atoms with E-state index in [1.54, 1.807) is 13.2 Å². The first-order chi connectivity index (χ1) is 5.69. The molecule has 4 heteroatoms. The molecule has 12 heavy (non-hydrogen) atoms. The summed E-state index contributed by atoms with van der Waals surface area (Å²) in [6.07, 6.45) is 0. The summed E-state index contributed by atoms with van der Waals surface area (Å²) in [5, 5.41) is 0.635. The Bertz CT molecular complexity index is 265. The molecule has 0 saturated carbocycles. The van der Waals surface area contributed by atoms with Crippen molar-refractivity contribution in [2.75, 3.05) is 7.11 Å². The molecule has 0 unspecified atom stereocenters. The lowest BCUT2D eigenvalue weighted by Gasteiger charge is -2.07. The van der Waals surface area contributed by atoms with Gasteiger partial charge in [0.2, 0.25) is 0 Å². The monoisotopic (exact) mass is 249 g/mol. The number of methoxy groups -OCH3 is 1. The zero-order valence-corrected chi connectivity index (χ0v) is 8.95. The van der Waals surface area contributed by atoms with Gasteiger partial charge in [0.15, 0.2) is 0 Å². The van der Waals surface area contributed by atoms with Gasteiger partial charge in [-0.1, -0.05) is 11.6 Å². The molecule has 66 valence electrons. The first-order valence-electron chi connectivity index (χ1n) is 3.41. The molecular weight excluding hydrogens is 241 g/mol.